The molecule has 8 nitrogen and oxygen atoms in total. The second-order valence-electron chi connectivity index (χ2n) is 8.12. The number of benzene rings is 2. The van der Waals surface area contributed by atoms with E-state index in [0.29, 0.717) is 47.7 Å². The number of esters is 1. The van der Waals surface area contributed by atoms with Gasteiger partial charge in [-0.2, -0.15) is 0 Å². The fourth-order valence-electron chi connectivity index (χ4n) is 3.59. The van der Waals surface area contributed by atoms with E-state index in [1.807, 2.05) is 34.9 Å². The number of hydrogen-bond acceptors (Lipinski definition) is 6. The van der Waals surface area contributed by atoms with Crippen molar-refractivity contribution in [2.45, 2.75) is 33.7 Å². The van der Waals surface area contributed by atoms with Gasteiger partial charge in [-0.25, -0.2) is 4.79 Å². The predicted octanol–water partition coefficient (Wildman–Crippen LogP) is 4.71. The lowest BCUT2D eigenvalue weighted by molar-refractivity contribution is -0.116. The van der Waals surface area contributed by atoms with Crippen molar-refractivity contribution in [3.63, 3.8) is 0 Å². The second-order valence-corrected chi connectivity index (χ2v) is 8.12. The first-order chi connectivity index (χ1) is 15.9. The normalized spacial score (nSPS) is 11.2. The lowest BCUT2D eigenvalue weighted by atomic mass is 10.1. The third kappa shape index (κ3) is 5.11. The van der Waals surface area contributed by atoms with Crippen molar-refractivity contribution in [1.82, 2.24) is 14.8 Å². The quantitative estimate of drug-likeness (QED) is 0.394. The van der Waals surface area contributed by atoms with Gasteiger partial charge in [-0.1, -0.05) is 32.0 Å². The Morgan fingerprint density at radius 1 is 1.09 bits per heavy atom. The van der Waals surface area contributed by atoms with E-state index in [1.54, 1.807) is 31.2 Å². The number of ether oxygens (including phenoxy) is 1. The summed E-state index contributed by atoms with van der Waals surface area (Å²) in [6, 6.07) is 16.3. The molecule has 2 aromatic carbocycles. The molecule has 0 bridgehead atoms. The summed E-state index contributed by atoms with van der Waals surface area (Å²) >= 11 is 0. The number of hydrogen-bond donors (Lipinski definition) is 1. The van der Waals surface area contributed by atoms with Crippen LogP contribution in [0.3, 0.4) is 0 Å². The summed E-state index contributed by atoms with van der Waals surface area (Å²) in [5.74, 6) is 0.736. The predicted molar refractivity (Wildman–Crippen MR) is 125 cm³/mol. The van der Waals surface area contributed by atoms with Crippen molar-refractivity contribution in [3.05, 3.63) is 66.1 Å². The van der Waals surface area contributed by atoms with Gasteiger partial charge >= 0.3 is 5.97 Å². The molecule has 0 radical (unpaired) electrons. The first-order valence-corrected chi connectivity index (χ1v) is 10.9. The number of fused-ring (bicyclic) bond motifs is 1. The number of carbonyl (C=O) groups excluding carboxylic acids is 2. The highest BCUT2D eigenvalue weighted by molar-refractivity contribution is 5.95. The van der Waals surface area contributed by atoms with Crippen molar-refractivity contribution in [2.24, 2.45) is 5.92 Å². The number of para-hydroxylation sites is 1. The summed E-state index contributed by atoms with van der Waals surface area (Å²) < 4.78 is 12.7. The number of nitrogens with zero attached hydrogens (tertiary/aromatic N) is 3. The minimum Gasteiger partial charge on any atom is -0.462 e. The van der Waals surface area contributed by atoms with Gasteiger partial charge in [0.05, 0.1) is 12.2 Å². The molecule has 0 aliphatic rings. The molecule has 0 spiro atoms. The van der Waals surface area contributed by atoms with E-state index in [0.717, 1.165) is 10.9 Å². The molecule has 0 atom stereocenters. The summed E-state index contributed by atoms with van der Waals surface area (Å²) in [6.45, 7) is 6.30. The minimum atomic E-state index is -0.393. The minimum absolute atomic E-state index is 0.0599. The van der Waals surface area contributed by atoms with E-state index in [9.17, 15) is 9.59 Å². The summed E-state index contributed by atoms with van der Waals surface area (Å²) in [5, 5.41) is 12.2. The van der Waals surface area contributed by atoms with Gasteiger partial charge in [0.1, 0.15) is 12.2 Å². The average molecular weight is 447 g/mol. The monoisotopic (exact) mass is 446 g/mol. The summed E-state index contributed by atoms with van der Waals surface area (Å²) in [6.07, 6.45) is 0.690. The largest absolute Gasteiger partial charge is 0.462 e. The molecule has 0 fully saturated rings. The fourth-order valence-corrected chi connectivity index (χ4v) is 3.59. The molecule has 0 saturated carbocycles. The molecule has 2 heterocycles. The topological polar surface area (TPSA) is 99.2 Å². The maximum Gasteiger partial charge on any atom is 0.338 e. The number of nitrogens with one attached hydrogen (secondary N) is 1. The van der Waals surface area contributed by atoms with E-state index in [2.05, 4.69) is 29.4 Å². The summed E-state index contributed by atoms with van der Waals surface area (Å²) in [5.41, 5.74) is 2.60. The second kappa shape index (κ2) is 9.68. The number of amides is 1. The Balaban J connectivity index is 1.56. The zero-order valence-electron chi connectivity index (χ0n) is 18.9. The van der Waals surface area contributed by atoms with Gasteiger partial charge in [-0.3, -0.25) is 4.79 Å². The third-order valence-corrected chi connectivity index (χ3v) is 5.06. The molecule has 0 aliphatic heterocycles. The van der Waals surface area contributed by atoms with Crippen LogP contribution in [0.25, 0.3) is 22.5 Å². The number of carbonyl (C=O) groups is 2. The highest BCUT2D eigenvalue weighted by Gasteiger charge is 2.19. The molecule has 2 aromatic heterocycles. The number of rotatable bonds is 8. The first-order valence-electron chi connectivity index (χ1n) is 10.9. The molecule has 1 amide bonds. The molecule has 0 saturated heterocycles. The van der Waals surface area contributed by atoms with Gasteiger partial charge in [0.15, 0.2) is 0 Å². The zero-order chi connectivity index (χ0) is 23.4. The van der Waals surface area contributed by atoms with Crippen LogP contribution in [0.1, 0.15) is 37.0 Å². The van der Waals surface area contributed by atoms with Crippen LogP contribution in [0.2, 0.25) is 0 Å². The van der Waals surface area contributed by atoms with E-state index in [4.69, 9.17) is 9.15 Å². The SMILES string of the molecule is CCOC(=O)c1ccc(NC(=O)Cn2c(-c3nnc(CC(C)C)o3)cc3ccccc32)cc1. The van der Waals surface area contributed by atoms with Crippen molar-refractivity contribution in [1.29, 1.82) is 0 Å². The van der Waals surface area contributed by atoms with Crippen LogP contribution < -0.4 is 5.32 Å². The van der Waals surface area contributed by atoms with E-state index >= 15 is 0 Å². The van der Waals surface area contributed by atoms with Crippen LogP contribution in [-0.4, -0.2) is 33.2 Å². The average Bonchev–Trinajstić information content (AvgIpc) is 3.38. The van der Waals surface area contributed by atoms with Crippen LogP contribution in [0.5, 0.6) is 0 Å². The van der Waals surface area contributed by atoms with Crippen LogP contribution in [0, 0.1) is 5.92 Å². The Hall–Kier alpha value is -3.94. The molecule has 0 unspecified atom stereocenters. The van der Waals surface area contributed by atoms with Crippen molar-refractivity contribution < 1.29 is 18.7 Å². The van der Waals surface area contributed by atoms with Crippen molar-refractivity contribution in [3.8, 4) is 11.6 Å². The van der Waals surface area contributed by atoms with E-state index < -0.39 is 5.97 Å². The highest BCUT2D eigenvalue weighted by Crippen LogP contribution is 2.28. The van der Waals surface area contributed by atoms with Gasteiger partial charge < -0.3 is 19.0 Å². The Labute approximate surface area is 191 Å². The molecule has 8 heteroatoms. The Morgan fingerprint density at radius 2 is 1.85 bits per heavy atom. The van der Waals surface area contributed by atoms with Crippen LogP contribution in [-0.2, 0) is 22.5 Å². The first kappa shape index (κ1) is 22.3. The summed E-state index contributed by atoms with van der Waals surface area (Å²) in [7, 11) is 0. The highest BCUT2D eigenvalue weighted by atomic mass is 16.5. The van der Waals surface area contributed by atoms with Crippen LogP contribution in [0.4, 0.5) is 5.69 Å². The Kier molecular flexibility index (Phi) is 6.53. The van der Waals surface area contributed by atoms with Gasteiger partial charge in [0, 0.05) is 23.0 Å². The molecule has 0 aliphatic carbocycles. The van der Waals surface area contributed by atoms with Gasteiger partial charge in [0.25, 0.3) is 5.89 Å². The molecule has 1 N–H and O–H groups in total. The number of anilines is 1. The molecular weight excluding hydrogens is 420 g/mol. The molecule has 4 rings (SSSR count). The Bertz CT molecular complexity index is 1270. The van der Waals surface area contributed by atoms with Gasteiger partial charge in [-0.15, -0.1) is 10.2 Å². The standard InChI is InChI=1S/C25H26N4O4/c1-4-32-25(31)17-9-11-19(12-10-17)26-22(30)15-29-20-8-6-5-7-18(20)14-21(29)24-28-27-23(33-24)13-16(2)3/h5-12,14,16H,4,13,15H2,1-3H3,(H,26,30). The lowest BCUT2D eigenvalue weighted by Crippen LogP contribution is -2.19. The van der Waals surface area contributed by atoms with Crippen molar-refractivity contribution >= 4 is 28.5 Å². The summed E-state index contributed by atoms with van der Waals surface area (Å²) in [4.78, 5) is 24.7. The third-order valence-electron chi connectivity index (χ3n) is 5.06. The molecule has 4 aromatic rings. The smallest absolute Gasteiger partial charge is 0.338 e. The van der Waals surface area contributed by atoms with Crippen LogP contribution in [0.15, 0.2) is 59.0 Å². The fraction of sp³-hybridized carbons (Fsp3) is 0.280. The maximum atomic E-state index is 12.9. The number of aromatic nitrogens is 3. The van der Waals surface area contributed by atoms with E-state index in [-0.39, 0.29) is 12.5 Å². The molecule has 170 valence electrons. The maximum absolute atomic E-state index is 12.9. The van der Waals surface area contributed by atoms with E-state index in [1.165, 1.54) is 0 Å². The zero-order valence-corrected chi connectivity index (χ0v) is 18.9. The molecular formula is C25H26N4O4. The molecule has 33 heavy (non-hydrogen) atoms. The van der Waals surface area contributed by atoms with Gasteiger partial charge in [0.2, 0.25) is 11.8 Å². The lowest BCUT2D eigenvalue weighted by Gasteiger charge is -2.10. The Morgan fingerprint density at radius 3 is 2.58 bits per heavy atom. The van der Waals surface area contributed by atoms with Crippen LogP contribution >= 0.6 is 0 Å². The van der Waals surface area contributed by atoms with Gasteiger partial charge in [-0.05, 0) is 49.2 Å². The van der Waals surface area contributed by atoms with Crippen molar-refractivity contribution in [2.75, 3.05) is 11.9 Å².